The van der Waals surface area contributed by atoms with E-state index in [1.807, 2.05) is 0 Å². The molecule has 1 heterocycles. The van der Waals surface area contributed by atoms with Crippen molar-refractivity contribution in [3.63, 3.8) is 0 Å². The van der Waals surface area contributed by atoms with Gasteiger partial charge in [-0.15, -0.1) is 0 Å². The van der Waals surface area contributed by atoms with Gasteiger partial charge in [0.25, 0.3) is 0 Å². The highest BCUT2D eigenvalue weighted by Gasteiger charge is 2.26. The number of nitrogens with zero attached hydrogens (tertiary/aromatic N) is 1. The molecule has 2 rings (SSSR count). The lowest BCUT2D eigenvalue weighted by atomic mass is 9.79. The molecule has 72 valence electrons. The van der Waals surface area contributed by atoms with Crippen molar-refractivity contribution >= 4 is 0 Å². The van der Waals surface area contributed by atoms with Crippen LogP contribution in [0.5, 0.6) is 0 Å². The van der Waals surface area contributed by atoms with Crippen molar-refractivity contribution in [1.29, 1.82) is 0 Å². The van der Waals surface area contributed by atoms with Crippen molar-refractivity contribution in [3.8, 4) is 0 Å². The first-order valence-electron chi connectivity index (χ1n) is 5.35. The average Bonchev–Trinajstić information content (AvgIpc) is 2.53. The summed E-state index contributed by atoms with van der Waals surface area (Å²) in [6.07, 6.45) is 10.7. The second-order valence-corrected chi connectivity index (χ2v) is 5.05. The third kappa shape index (κ3) is 2.07. The van der Waals surface area contributed by atoms with E-state index in [-0.39, 0.29) is 0 Å². The Morgan fingerprint density at radius 1 is 1.31 bits per heavy atom. The van der Waals surface area contributed by atoms with Gasteiger partial charge in [-0.25, -0.2) is 0 Å². The summed E-state index contributed by atoms with van der Waals surface area (Å²) in [5.74, 6) is 0. The van der Waals surface area contributed by atoms with E-state index in [0.29, 0.717) is 5.41 Å². The molecule has 0 aromatic rings. The quantitative estimate of drug-likeness (QED) is 0.595. The first-order valence-corrected chi connectivity index (χ1v) is 5.35. The van der Waals surface area contributed by atoms with Gasteiger partial charge in [-0.05, 0) is 31.1 Å². The second-order valence-electron chi connectivity index (χ2n) is 5.05. The Kier molecular flexibility index (Phi) is 2.35. The molecule has 1 aliphatic carbocycles. The summed E-state index contributed by atoms with van der Waals surface area (Å²) in [6, 6.07) is 0. The van der Waals surface area contributed by atoms with Crippen LogP contribution in [0, 0.1) is 11.8 Å². The van der Waals surface area contributed by atoms with Gasteiger partial charge in [0.2, 0.25) is 0 Å². The Morgan fingerprint density at radius 3 is 2.62 bits per heavy atom. The molecule has 0 aromatic heterocycles. The molecule has 1 fully saturated rings. The van der Waals surface area contributed by atoms with Crippen LogP contribution < -0.4 is 0 Å². The summed E-state index contributed by atoms with van der Waals surface area (Å²) in [4.78, 5) is 2.54. The molecular formula is C12H19N. The van der Waals surface area contributed by atoms with Crippen molar-refractivity contribution in [3.05, 3.63) is 18.2 Å². The van der Waals surface area contributed by atoms with Gasteiger partial charge in [-0.1, -0.05) is 19.9 Å². The lowest BCUT2D eigenvalue weighted by Crippen LogP contribution is -2.26. The minimum Gasteiger partial charge on any atom is -0.375 e. The van der Waals surface area contributed by atoms with Crippen LogP contribution in [0.15, 0.2) is 11.8 Å². The topological polar surface area (TPSA) is 3.24 Å². The zero-order chi connectivity index (χ0) is 9.31. The smallest absolute Gasteiger partial charge is 0.0175 e. The predicted molar refractivity (Wildman–Crippen MR) is 55.1 cm³/mol. The fourth-order valence-corrected chi connectivity index (χ4v) is 2.26. The number of hydrogen-bond acceptors (Lipinski definition) is 1. The normalized spacial score (nSPS) is 27.5. The third-order valence-electron chi connectivity index (χ3n) is 3.02. The van der Waals surface area contributed by atoms with Crippen molar-refractivity contribution in [2.75, 3.05) is 13.1 Å². The molecule has 1 nitrogen and oxygen atoms in total. The molecule has 0 unspecified atom stereocenters. The van der Waals surface area contributed by atoms with Gasteiger partial charge < -0.3 is 4.90 Å². The van der Waals surface area contributed by atoms with Gasteiger partial charge in [0.15, 0.2) is 0 Å². The van der Waals surface area contributed by atoms with Crippen LogP contribution in [0.3, 0.4) is 0 Å². The minimum atomic E-state index is 0.437. The first kappa shape index (κ1) is 9.11. The lowest BCUT2D eigenvalue weighted by molar-refractivity contribution is 0.289. The third-order valence-corrected chi connectivity index (χ3v) is 3.02. The molecular weight excluding hydrogens is 158 g/mol. The number of rotatable bonds is 1. The maximum Gasteiger partial charge on any atom is 0.0175 e. The summed E-state index contributed by atoms with van der Waals surface area (Å²) < 4.78 is 0. The molecule has 2 aliphatic rings. The Hall–Kier alpha value is -0.460. The van der Waals surface area contributed by atoms with Crippen molar-refractivity contribution in [1.82, 2.24) is 4.90 Å². The van der Waals surface area contributed by atoms with Gasteiger partial charge in [-0.3, -0.25) is 0 Å². The molecule has 0 atom stereocenters. The molecule has 13 heavy (non-hydrogen) atoms. The monoisotopic (exact) mass is 177 g/mol. The second kappa shape index (κ2) is 3.36. The molecule has 0 spiro atoms. The Bertz CT molecular complexity index is 209. The van der Waals surface area contributed by atoms with Crippen molar-refractivity contribution in [2.24, 2.45) is 5.41 Å². The zero-order valence-electron chi connectivity index (χ0n) is 8.77. The molecule has 2 radical (unpaired) electrons. The summed E-state index contributed by atoms with van der Waals surface area (Å²) in [7, 11) is 0. The van der Waals surface area contributed by atoms with Crippen LogP contribution in [-0.2, 0) is 0 Å². The maximum absolute atomic E-state index is 3.40. The lowest BCUT2D eigenvalue weighted by Gasteiger charge is -2.34. The SMILES string of the molecule is CC1(C)C[C]C=C(N2CCCC2)C1. The van der Waals surface area contributed by atoms with E-state index in [0.717, 1.165) is 6.42 Å². The largest absolute Gasteiger partial charge is 0.375 e. The summed E-state index contributed by atoms with van der Waals surface area (Å²) in [5.41, 5.74) is 1.96. The molecule has 0 aromatic carbocycles. The number of allylic oxidation sites excluding steroid dienone is 2. The average molecular weight is 177 g/mol. The van der Waals surface area contributed by atoms with Crippen LogP contribution in [0.2, 0.25) is 0 Å². The van der Waals surface area contributed by atoms with Gasteiger partial charge in [-0.2, -0.15) is 0 Å². The first-order chi connectivity index (χ1) is 6.17. The highest BCUT2D eigenvalue weighted by atomic mass is 15.1. The van der Waals surface area contributed by atoms with Crippen LogP contribution in [0.25, 0.3) is 0 Å². The van der Waals surface area contributed by atoms with Gasteiger partial charge in [0.05, 0.1) is 0 Å². The van der Waals surface area contributed by atoms with E-state index in [4.69, 9.17) is 0 Å². The van der Waals surface area contributed by atoms with Crippen LogP contribution in [0.4, 0.5) is 0 Å². The summed E-state index contributed by atoms with van der Waals surface area (Å²) in [5, 5.41) is 0. The molecule has 1 saturated heterocycles. The molecule has 0 amide bonds. The maximum atomic E-state index is 3.40. The number of likely N-dealkylation sites (tertiary alicyclic amines) is 1. The van der Waals surface area contributed by atoms with Crippen molar-refractivity contribution in [2.45, 2.75) is 39.5 Å². The predicted octanol–water partition coefficient (Wildman–Crippen LogP) is 2.87. The van der Waals surface area contributed by atoms with E-state index in [1.54, 1.807) is 0 Å². The van der Waals surface area contributed by atoms with E-state index in [9.17, 15) is 0 Å². The van der Waals surface area contributed by atoms with Crippen LogP contribution in [0.1, 0.15) is 39.5 Å². The number of hydrogen-bond donors (Lipinski definition) is 0. The van der Waals surface area contributed by atoms with E-state index in [1.165, 1.54) is 38.0 Å². The minimum absolute atomic E-state index is 0.437. The highest BCUT2D eigenvalue weighted by molar-refractivity contribution is 5.16. The molecule has 0 bridgehead atoms. The molecule has 0 N–H and O–H groups in total. The van der Waals surface area contributed by atoms with Gasteiger partial charge in [0, 0.05) is 25.2 Å². The van der Waals surface area contributed by atoms with Crippen LogP contribution >= 0.6 is 0 Å². The van der Waals surface area contributed by atoms with Crippen molar-refractivity contribution < 1.29 is 0 Å². The Labute approximate surface area is 81.8 Å². The molecule has 0 saturated carbocycles. The van der Waals surface area contributed by atoms with Crippen LogP contribution in [-0.4, -0.2) is 18.0 Å². The van der Waals surface area contributed by atoms with E-state index in [2.05, 4.69) is 31.2 Å². The standard InChI is InChI=1S/C12H19N/c1-12(2)7-5-6-11(10-12)13-8-3-4-9-13/h6H,3-4,7-10H2,1-2H3. The van der Waals surface area contributed by atoms with Gasteiger partial charge >= 0.3 is 0 Å². The fraction of sp³-hybridized carbons (Fsp3) is 0.750. The fourth-order valence-electron chi connectivity index (χ4n) is 2.26. The molecule has 1 aliphatic heterocycles. The summed E-state index contributed by atoms with van der Waals surface area (Å²) >= 11 is 0. The Balaban J connectivity index is 2.02. The zero-order valence-corrected chi connectivity index (χ0v) is 8.77. The highest BCUT2D eigenvalue weighted by Crippen LogP contribution is 2.36. The van der Waals surface area contributed by atoms with E-state index < -0.39 is 0 Å². The Morgan fingerprint density at radius 2 is 2.00 bits per heavy atom. The van der Waals surface area contributed by atoms with E-state index >= 15 is 0 Å². The summed E-state index contributed by atoms with van der Waals surface area (Å²) in [6.45, 7) is 7.21. The molecule has 1 heteroatoms. The van der Waals surface area contributed by atoms with Gasteiger partial charge in [0.1, 0.15) is 0 Å².